The third-order valence-electron chi connectivity index (χ3n) is 2.90. The maximum absolute atomic E-state index is 10.7. The number of carboxylic acids is 1. The molecule has 0 rings (SSSR count). The molecule has 0 saturated heterocycles. The number of aliphatic hydroxyl groups excluding tert-OH is 1. The summed E-state index contributed by atoms with van der Waals surface area (Å²) in [5, 5.41) is 17.3. The van der Waals surface area contributed by atoms with Gasteiger partial charge in [-0.25, -0.2) is 0 Å². The fourth-order valence-electron chi connectivity index (χ4n) is 1.63. The molecule has 114 valence electrons. The first-order valence-electron chi connectivity index (χ1n) is 7.65. The van der Waals surface area contributed by atoms with Gasteiger partial charge in [0.05, 0.1) is 12.1 Å². The van der Waals surface area contributed by atoms with E-state index in [1.54, 1.807) is 0 Å². The summed E-state index contributed by atoms with van der Waals surface area (Å²) < 4.78 is 0.466. The summed E-state index contributed by atoms with van der Waals surface area (Å²) in [4.78, 5) is 20.0. The van der Waals surface area contributed by atoms with Crippen LogP contribution in [0.25, 0.3) is 0 Å². The number of carbonyl (C=O) groups excluding carboxylic acids is 2. The summed E-state index contributed by atoms with van der Waals surface area (Å²) >= 11 is 0.844. The summed E-state index contributed by atoms with van der Waals surface area (Å²) in [5.41, 5.74) is 0. The van der Waals surface area contributed by atoms with E-state index in [1.807, 2.05) is 0 Å². The molecule has 0 spiro atoms. The third kappa shape index (κ3) is 22.9. The van der Waals surface area contributed by atoms with Gasteiger partial charge >= 0.3 is 98.6 Å². The van der Waals surface area contributed by atoms with E-state index in [1.165, 1.54) is 51.4 Å². The van der Waals surface area contributed by atoms with Crippen LogP contribution in [0.1, 0.15) is 78.1 Å². The van der Waals surface area contributed by atoms with Crippen molar-refractivity contribution in [1.29, 1.82) is 0 Å². The molecule has 0 saturated carbocycles. The van der Waals surface area contributed by atoms with Crippen LogP contribution >= 0.6 is 0 Å². The van der Waals surface area contributed by atoms with E-state index in [9.17, 15) is 14.7 Å². The van der Waals surface area contributed by atoms with Crippen molar-refractivity contribution in [2.75, 3.05) is 0 Å². The second-order valence-electron chi connectivity index (χ2n) is 5.11. The first-order chi connectivity index (χ1) is 9.41. The van der Waals surface area contributed by atoms with Crippen LogP contribution in [-0.4, -0.2) is 21.6 Å². The summed E-state index contributed by atoms with van der Waals surface area (Å²) in [6.07, 6.45) is 11.6. The second kappa shape index (κ2) is 16.8. The van der Waals surface area contributed by atoms with Crippen molar-refractivity contribution in [2.24, 2.45) is 0 Å². The topological polar surface area (TPSA) is 77.4 Å². The molecule has 0 aromatic rings. The van der Waals surface area contributed by atoms with Crippen LogP contribution in [0.5, 0.6) is 0 Å². The van der Waals surface area contributed by atoms with Crippen LogP contribution in [0.2, 0.25) is 0 Å². The minimum absolute atomic E-state index is 0.466. The molecule has 0 aliphatic carbocycles. The molecule has 0 aromatic carbocycles. The van der Waals surface area contributed by atoms with Gasteiger partial charge < -0.3 is 15.0 Å². The molecule has 1 atom stereocenters. The Labute approximate surface area is 133 Å². The van der Waals surface area contributed by atoms with Crippen LogP contribution < -0.4 is 5.11 Å². The number of aliphatic carboxylic acids is 1. The molecule has 0 bridgehead atoms. The summed E-state index contributed by atoms with van der Waals surface area (Å²) in [7, 11) is 0. The normalized spacial score (nSPS) is 11.4. The van der Waals surface area contributed by atoms with Crippen LogP contribution in [0, 0.1) is 0 Å². The number of carbonyl (C=O) groups is 2. The number of hydrogen-bond acceptors (Lipinski definition) is 4. The molecule has 0 aliphatic heterocycles. The standard InChI is InChI=1S/C12H23O.C3H6O3.Zn/c1-2-3-4-5-6-7-8-9-10-11-12-13;1-2(4)3(5)6;/h2-11H2,1H3;2,4H,1H3,(H,5,6);/q;;+1/p-1. The fourth-order valence-corrected chi connectivity index (χ4v) is 2.16. The first-order valence-corrected chi connectivity index (χ1v) is 9.13. The Bertz CT molecular complexity index is 242. The quantitative estimate of drug-likeness (QED) is 0.462. The fraction of sp³-hybridized carbons (Fsp3) is 0.867. The number of carboxylic acid groups (broad SMARTS) is 1. The van der Waals surface area contributed by atoms with Gasteiger partial charge in [-0.1, -0.05) is 0 Å². The van der Waals surface area contributed by atoms with Crippen molar-refractivity contribution in [2.45, 2.75) is 84.2 Å². The number of unbranched alkanes of at least 4 members (excludes halogenated alkanes) is 8. The molecule has 0 radical (unpaired) electrons. The van der Waals surface area contributed by atoms with Gasteiger partial charge in [0.2, 0.25) is 0 Å². The Morgan fingerprint density at radius 3 is 1.65 bits per heavy atom. The number of aliphatic hydroxyl groups is 1. The van der Waals surface area contributed by atoms with Crippen molar-refractivity contribution in [3.63, 3.8) is 0 Å². The summed E-state index contributed by atoms with van der Waals surface area (Å²) in [6, 6.07) is 0. The zero-order valence-electron chi connectivity index (χ0n) is 13.0. The van der Waals surface area contributed by atoms with Crippen LogP contribution in [0.3, 0.4) is 0 Å². The average molecular weight is 338 g/mol. The van der Waals surface area contributed by atoms with Crippen molar-refractivity contribution in [3.05, 3.63) is 0 Å². The number of hydrogen-bond donors (Lipinski definition) is 1. The van der Waals surface area contributed by atoms with Gasteiger partial charge in [-0.15, -0.1) is 0 Å². The van der Waals surface area contributed by atoms with Gasteiger partial charge in [0, 0.05) is 0 Å². The third-order valence-corrected chi connectivity index (χ3v) is 3.64. The molecule has 0 aliphatic rings. The zero-order valence-corrected chi connectivity index (χ0v) is 16.0. The monoisotopic (exact) mass is 336 g/mol. The average Bonchev–Trinajstić information content (AvgIpc) is 2.37. The number of rotatable bonds is 11. The van der Waals surface area contributed by atoms with Gasteiger partial charge in [0.15, 0.2) is 0 Å². The van der Waals surface area contributed by atoms with Gasteiger partial charge in [-0.05, 0) is 6.92 Å². The van der Waals surface area contributed by atoms with E-state index in [0.29, 0.717) is 4.38 Å². The van der Waals surface area contributed by atoms with E-state index in [4.69, 9.17) is 5.11 Å². The Kier molecular flexibility index (Phi) is 18.5. The first kappa shape index (κ1) is 22.0. The van der Waals surface area contributed by atoms with Crippen LogP contribution in [0.15, 0.2) is 0 Å². The van der Waals surface area contributed by atoms with Gasteiger partial charge in [-0.3, -0.25) is 0 Å². The van der Waals surface area contributed by atoms with Crippen molar-refractivity contribution < 1.29 is 38.1 Å². The SMILES string of the molecule is CC(O)C(=O)[O-].CCCCCCCCCCC[C](=O)[Zn+]. The van der Waals surface area contributed by atoms with Gasteiger partial charge in [-0.2, -0.15) is 0 Å². The molecule has 20 heavy (non-hydrogen) atoms. The molecule has 0 heterocycles. The zero-order chi connectivity index (χ0) is 15.8. The van der Waals surface area contributed by atoms with E-state index in [0.717, 1.165) is 38.1 Å². The molecule has 0 fully saturated rings. The molecular weight excluding hydrogens is 310 g/mol. The molecule has 0 aromatic heterocycles. The molecule has 1 unspecified atom stereocenters. The summed E-state index contributed by atoms with van der Waals surface area (Å²) in [6.45, 7) is 3.39. The van der Waals surface area contributed by atoms with Gasteiger partial charge in [0.1, 0.15) is 0 Å². The van der Waals surface area contributed by atoms with E-state index in [2.05, 4.69) is 6.92 Å². The maximum atomic E-state index is 10.7. The molecule has 0 amide bonds. The Morgan fingerprint density at radius 1 is 1.00 bits per heavy atom. The van der Waals surface area contributed by atoms with E-state index >= 15 is 0 Å². The molecular formula is C15H28O4Zn. The predicted molar refractivity (Wildman–Crippen MR) is 73.5 cm³/mol. The molecule has 5 heteroatoms. The van der Waals surface area contributed by atoms with Crippen molar-refractivity contribution >= 4 is 10.3 Å². The molecule has 1 N–H and O–H groups in total. The Morgan fingerprint density at radius 2 is 1.35 bits per heavy atom. The van der Waals surface area contributed by atoms with Crippen molar-refractivity contribution in [3.8, 4) is 0 Å². The molecule has 4 nitrogen and oxygen atoms in total. The Hall–Kier alpha value is -0.277. The predicted octanol–water partition coefficient (Wildman–Crippen LogP) is 2.10. The Balaban J connectivity index is 0. The van der Waals surface area contributed by atoms with Crippen LogP contribution in [-0.2, 0) is 27.9 Å². The van der Waals surface area contributed by atoms with E-state index < -0.39 is 12.1 Å². The van der Waals surface area contributed by atoms with Crippen LogP contribution in [0.4, 0.5) is 0 Å². The second-order valence-corrected chi connectivity index (χ2v) is 6.77. The van der Waals surface area contributed by atoms with E-state index in [-0.39, 0.29) is 0 Å². The van der Waals surface area contributed by atoms with Gasteiger partial charge in [0.25, 0.3) is 0 Å². The minimum atomic E-state index is -1.44. The summed E-state index contributed by atoms with van der Waals surface area (Å²) in [5.74, 6) is -1.44. The van der Waals surface area contributed by atoms with Crippen molar-refractivity contribution in [1.82, 2.24) is 0 Å².